The summed E-state index contributed by atoms with van der Waals surface area (Å²) >= 11 is 0. The fourth-order valence-corrected chi connectivity index (χ4v) is 2.44. The molecule has 1 aromatic heterocycles. The molecular formula is C14H24N4. The lowest BCUT2D eigenvalue weighted by molar-refractivity contribution is 0.554. The lowest BCUT2D eigenvalue weighted by Gasteiger charge is -2.32. The molecule has 0 unspecified atom stereocenters. The van der Waals surface area contributed by atoms with Gasteiger partial charge < -0.3 is 10.2 Å². The molecule has 0 aliphatic carbocycles. The Bertz CT molecular complexity index is 401. The monoisotopic (exact) mass is 248 g/mol. The van der Waals surface area contributed by atoms with Crippen molar-refractivity contribution in [2.75, 3.05) is 18.0 Å². The fraction of sp³-hybridized carbons (Fsp3) is 0.714. The maximum atomic E-state index is 4.54. The third-order valence-corrected chi connectivity index (χ3v) is 3.31. The average molecular weight is 248 g/mol. The maximum absolute atomic E-state index is 4.54. The van der Waals surface area contributed by atoms with Gasteiger partial charge in [0.1, 0.15) is 12.1 Å². The second-order valence-corrected chi connectivity index (χ2v) is 5.69. The average Bonchev–Trinajstić information content (AvgIpc) is 2.35. The SMILES string of the molecule is CC(C)CN(c1ncnc2c1CNCC2)C(C)C. The molecule has 0 saturated heterocycles. The van der Waals surface area contributed by atoms with Crippen molar-refractivity contribution in [1.82, 2.24) is 15.3 Å². The van der Waals surface area contributed by atoms with Crippen molar-refractivity contribution in [3.63, 3.8) is 0 Å². The standard InChI is InChI=1S/C14H24N4/c1-10(2)8-18(11(3)4)14-12-7-15-6-5-13(12)16-9-17-14/h9-11,15H,5-8H2,1-4H3. The molecule has 0 fully saturated rings. The first-order valence-corrected chi connectivity index (χ1v) is 6.89. The number of hydrogen-bond donors (Lipinski definition) is 1. The van der Waals surface area contributed by atoms with Crippen LogP contribution in [0.2, 0.25) is 0 Å². The first kappa shape index (κ1) is 13.3. The molecule has 18 heavy (non-hydrogen) atoms. The molecular weight excluding hydrogens is 224 g/mol. The van der Waals surface area contributed by atoms with Crippen molar-refractivity contribution < 1.29 is 0 Å². The van der Waals surface area contributed by atoms with Gasteiger partial charge in [-0.05, 0) is 19.8 Å². The predicted molar refractivity (Wildman–Crippen MR) is 74.8 cm³/mol. The lowest BCUT2D eigenvalue weighted by atomic mass is 10.1. The zero-order valence-corrected chi connectivity index (χ0v) is 11.9. The molecule has 2 heterocycles. The highest BCUT2D eigenvalue weighted by atomic mass is 15.2. The largest absolute Gasteiger partial charge is 0.354 e. The van der Waals surface area contributed by atoms with Gasteiger partial charge >= 0.3 is 0 Å². The first-order chi connectivity index (χ1) is 8.59. The maximum Gasteiger partial charge on any atom is 0.136 e. The molecule has 1 aliphatic heterocycles. The van der Waals surface area contributed by atoms with Crippen molar-refractivity contribution >= 4 is 5.82 Å². The van der Waals surface area contributed by atoms with Gasteiger partial charge in [0.05, 0.1) is 5.69 Å². The van der Waals surface area contributed by atoms with Crippen LogP contribution in [0.3, 0.4) is 0 Å². The van der Waals surface area contributed by atoms with Crippen LogP contribution in [0.5, 0.6) is 0 Å². The highest BCUT2D eigenvalue weighted by molar-refractivity contribution is 5.50. The zero-order valence-electron chi connectivity index (χ0n) is 11.9. The summed E-state index contributed by atoms with van der Waals surface area (Å²) in [5.74, 6) is 1.76. The predicted octanol–water partition coefficient (Wildman–Crippen LogP) is 1.99. The Balaban J connectivity index is 2.35. The van der Waals surface area contributed by atoms with Crippen LogP contribution < -0.4 is 10.2 Å². The third kappa shape index (κ3) is 2.80. The highest BCUT2D eigenvalue weighted by Crippen LogP contribution is 2.24. The number of fused-ring (bicyclic) bond motifs is 1. The molecule has 0 bridgehead atoms. The Morgan fingerprint density at radius 2 is 2.06 bits per heavy atom. The van der Waals surface area contributed by atoms with Gasteiger partial charge in [-0.2, -0.15) is 0 Å². The molecule has 0 amide bonds. The second-order valence-electron chi connectivity index (χ2n) is 5.69. The Hall–Kier alpha value is -1.16. The molecule has 1 aliphatic rings. The molecule has 1 N–H and O–H groups in total. The lowest BCUT2D eigenvalue weighted by Crippen LogP contribution is -2.37. The van der Waals surface area contributed by atoms with E-state index >= 15 is 0 Å². The van der Waals surface area contributed by atoms with E-state index in [2.05, 4.69) is 47.9 Å². The number of anilines is 1. The highest BCUT2D eigenvalue weighted by Gasteiger charge is 2.21. The van der Waals surface area contributed by atoms with Gasteiger partial charge in [-0.15, -0.1) is 0 Å². The van der Waals surface area contributed by atoms with E-state index in [1.165, 1.54) is 11.3 Å². The molecule has 0 saturated carbocycles. The molecule has 0 spiro atoms. The van der Waals surface area contributed by atoms with E-state index < -0.39 is 0 Å². The van der Waals surface area contributed by atoms with Gasteiger partial charge in [0.25, 0.3) is 0 Å². The van der Waals surface area contributed by atoms with Gasteiger partial charge in [0.15, 0.2) is 0 Å². The minimum Gasteiger partial charge on any atom is -0.354 e. The molecule has 0 aromatic carbocycles. The van der Waals surface area contributed by atoms with E-state index in [0.717, 1.165) is 31.9 Å². The van der Waals surface area contributed by atoms with Crippen LogP contribution in [-0.4, -0.2) is 29.1 Å². The van der Waals surface area contributed by atoms with E-state index in [1.54, 1.807) is 6.33 Å². The zero-order chi connectivity index (χ0) is 13.1. The molecule has 1 aromatic rings. The first-order valence-electron chi connectivity index (χ1n) is 6.89. The van der Waals surface area contributed by atoms with Crippen LogP contribution in [0, 0.1) is 5.92 Å². The van der Waals surface area contributed by atoms with Crippen molar-refractivity contribution in [2.45, 2.75) is 46.7 Å². The summed E-state index contributed by atoms with van der Waals surface area (Å²) in [6.07, 6.45) is 2.73. The molecule has 2 rings (SSSR count). The molecule has 0 radical (unpaired) electrons. The summed E-state index contributed by atoms with van der Waals surface area (Å²) in [5.41, 5.74) is 2.51. The van der Waals surface area contributed by atoms with Crippen LogP contribution in [0.25, 0.3) is 0 Å². The van der Waals surface area contributed by atoms with E-state index in [-0.39, 0.29) is 0 Å². The molecule has 0 atom stereocenters. The Morgan fingerprint density at radius 1 is 1.28 bits per heavy atom. The minimum atomic E-state index is 0.466. The van der Waals surface area contributed by atoms with E-state index in [4.69, 9.17) is 0 Å². The van der Waals surface area contributed by atoms with Crippen molar-refractivity contribution in [2.24, 2.45) is 5.92 Å². The van der Waals surface area contributed by atoms with Crippen molar-refractivity contribution in [1.29, 1.82) is 0 Å². The summed E-state index contributed by atoms with van der Waals surface area (Å²) in [6, 6.07) is 0.466. The third-order valence-electron chi connectivity index (χ3n) is 3.31. The van der Waals surface area contributed by atoms with Crippen LogP contribution in [0.4, 0.5) is 5.82 Å². The minimum absolute atomic E-state index is 0.466. The number of nitrogens with one attached hydrogen (secondary N) is 1. The van der Waals surface area contributed by atoms with Gasteiger partial charge in [-0.25, -0.2) is 9.97 Å². The van der Waals surface area contributed by atoms with E-state index in [9.17, 15) is 0 Å². The van der Waals surface area contributed by atoms with Gasteiger partial charge in [-0.1, -0.05) is 13.8 Å². The summed E-state index contributed by atoms with van der Waals surface area (Å²) in [6.45, 7) is 11.9. The number of nitrogens with zero attached hydrogens (tertiary/aromatic N) is 3. The van der Waals surface area contributed by atoms with Crippen molar-refractivity contribution in [3.8, 4) is 0 Å². The topological polar surface area (TPSA) is 41.1 Å². The van der Waals surface area contributed by atoms with Crippen LogP contribution >= 0.6 is 0 Å². The van der Waals surface area contributed by atoms with Crippen LogP contribution in [0.15, 0.2) is 6.33 Å². The van der Waals surface area contributed by atoms with E-state index in [1.807, 2.05) is 0 Å². The van der Waals surface area contributed by atoms with Gasteiger partial charge in [-0.3, -0.25) is 0 Å². The van der Waals surface area contributed by atoms with Crippen LogP contribution in [-0.2, 0) is 13.0 Å². The number of hydrogen-bond acceptors (Lipinski definition) is 4. The van der Waals surface area contributed by atoms with Gasteiger partial charge in [0, 0.05) is 37.7 Å². The smallest absolute Gasteiger partial charge is 0.136 e. The fourth-order valence-electron chi connectivity index (χ4n) is 2.44. The Kier molecular flexibility index (Phi) is 4.17. The summed E-state index contributed by atoms with van der Waals surface area (Å²) < 4.78 is 0. The summed E-state index contributed by atoms with van der Waals surface area (Å²) in [7, 11) is 0. The quantitative estimate of drug-likeness (QED) is 0.885. The molecule has 4 heteroatoms. The van der Waals surface area contributed by atoms with Crippen molar-refractivity contribution in [3.05, 3.63) is 17.6 Å². The second kappa shape index (κ2) is 5.65. The van der Waals surface area contributed by atoms with Crippen LogP contribution in [0.1, 0.15) is 39.0 Å². The van der Waals surface area contributed by atoms with E-state index in [0.29, 0.717) is 12.0 Å². The van der Waals surface area contributed by atoms with Gasteiger partial charge in [0.2, 0.25) is 0 Å². The molecule has 100 valence electrons. The Labute approximate surface area is 110 Å². The normalized spacial score (nSPS) is 15.0. The summed E-state index contributed by atoms with van der Waals surface area (Å²) in [5, 5.41) is 3.42. The number of aromatic nitrogens is 2. The summed E-state index contributed by atoms with van der Waals surface area (Å²) in [4.78, 5) is 11.4. The Morgan fingerprint density at radius 3 is 2.72 bits per heavy atom. The molecule has 4 nitrogen and oxygen atoms in total. The number of rotatable bonds is 4.